The van der Waals surface area contributed by atoms with E-state index in [1.165, 1.54) is 24.3 Å². The fourth-order valence-corrected chi connectivity index (χ4v) is 3.88. The molecule has 11 heteroatoms. The number of hydrogen-bond acceptors (Lipinski definition) is 8. The lowest BCUT2D eigenvalue weighted by molar-refractivity contribution is -0.385. The molecule has 0 saturated carbocycles. The molecule has 2 aromatic rings. The van der Waals surface area contributed by atoms with Crippen LogP contribution in [-0.2, 0) is 14.3 Å². The monoisotopic (exact) mass is 488 g/mol. The van der Waals surface area contributed by atoms with Gasteiger partial charge in [0.05, 0.1) is 4.92 Å². The lowest BCUT2D eigenvalue weighted by atomic mass is 9.80. The van der Waals surface area contributed by atoms with Crippen LogP contribution in [0.25, 0.3) is 0 Å². The van der Waals surface area contributed by atoms with Gasteiger partial charge in [-0.05, 0) is 49.6 Å². The van der Waals surface area contributed by atoms with Crippen molar-refractivity contribution in [2.24, 2.45) is 5.92 Å². The molecule has 10 nitrogen and oxygen atoms in total. The van der Waals surface area contributed by atoms with Crippen LogP contribution in [0.5, 0.6) is 0 Å². The first-order valence-electron chi connectivity index (χ1n) is 11.4. The number of ether oxygens (including phenoxy) is 2. The van der Waals surface area contributed by atoms with Gasteiger partial charge in [0.25, 0.3) is 11.6 Å². The maximum absolute atomic E-state index is 13.5. The van der Waals surface area contributed by atoms with E-state index < -0.39 is 17.1 Å². The highest BCUT2D eigenvalue weighted by atomic mass is 19.1. The fraction of sp³-hybridized carbons (Fsp3) is 0.417. The highest BCUT2D eigenvalue weighted by Crippen LogP contribution is 2.39. The van der Waals surface area contributed by atoms with E-state index in [1.807, 2.05) is 6.92 Å². The summed E-state index contributed by atoms with van der Waals surface area (Å²) in [5.74, 6) is -0.675. The molecule has 188 valence electrons. The predicted molar refractivity (Wildman–Crippen MR) is 126 cm³/mol. The zero-order valence-electron chi connectivity index (χ0n) is 19.4. The first-order valence-corrected chi connectivity index (χ1v) is 11.4. The first-order chi connectivity index (χ1) is 16.9. The number of anilines is 1. The van der Waals surface area contributed by atoms with Crippen molar-refractivity contribution in [1.82, 2.24) is 10.3 Å². The molecular weight excluding hydrogens is 459 g/mol. The number of aromatic nitrogens is 1. The summed E-state index contributed by atoms with van der Waals surface area (Å²) < 4.78 is 25.2. The summed E-state index contributed by atoms with van der Waals surface area (Å²) in [6.07, 6.45) is 3.30. The molecule has 1 amide bonds. The van der Waals surface area contributed by atoms with E-state index in [2.05, 4.69) is 15.6 Å². The number of nitrogens with one attached hydrogen (secondary N) is 2. The molecule has 0 aliphatic carbocycles. The third kappa shape index (κ3) is 7.20. The van der Waals surface area contributed by atoms with Crippen molar-refractivity contribution in [2.45, 2.75) is 32.0 Å². The molecule has 0 bridgehead atoms. The molecule has 3 rings (SSSR count). The predicted octanol–water partition coefficient (Wildman–Crippen LogP) is 3.11. The molecule has 1 aliphatic rings. The van der Waals surface area contributed by atoms with E-state index in [0.29, 0.717) is 31.8 Å². The second-order valence-corrected chi connectivity index (χ2v) is 7.92. The van der Waals surface area contributed by atoms with Gasteiger partial charge in [0.15, 0.2) is 5.76 Å². The summed E-state index contributed by atoms with van der Waals surface area (Å²) in [4.78, 5) is 27.0. The maximum atomic E-state index is 13.5. The van der Waals surface area contributed by atoms with Crippen LogP contribution in [0.3, 0.4) is 0 Å². The van der Waals surface area contributed by atoms with Crippen LogP contribution in [-0.4, -0.2) is 53.5 Å². The Kier molecular flexibility index (Phi) is 9.50. The minimum atomic E-state index is -0.699. The van der Waals surface area contributed by atoms with Gasteiger partial charge in [-0.3, -0.25) is 14.9 Å². The van der Waals surface area contributed by atoms with Crippen molar-refractivity contribution >= 4 is 17.4 Å². The van der Waals surface area contributed by atoms with E-state index in [-0.39, 0.29) is 42.3 Å². The number of pyridine rings is 1. The van der Waals surface area contributed by atoms with Gasteiger partial charge in [-0.1, -0.05) is 12.1 Å². The maximum Gasteiger partial charge on any atom is 0.287 e. The van der Waals surface area contributed by atoms with E-state index in [1.54, 1.807) is 18.2 Å². The number of aliphatic hydroxyl groups excluding tert-OH is 1. The molecule has 1 aromatic heterocycles. The largest absolute Gasteiger partial charge is 0.459 e. The number of hydrogen-bond donors (Lipinski definition) is 3. The molecule has 0 spiro atoms. The Bertz CT molecular complexity index is 1020. The average molecular weight is 489 g/mol. The number of carbonyl (C=O) groups is 1. The fourth-order valence-electron chi connectivity index (χ4n) is 3.88. The van der Waals surface area contributed by atoms with Gasteiger partial charge in [-0.25, -0.2) is 9.37 Å². The molecule has 35 heavy (non-hydrogen) atoms. The van der Waals surface area contributed by atoms with Gasteiger partial charge in [-0.15, -0.1) is 0 Å². The van der Waals surface area contributed by atoms with Crippen LogP contribution in [0, 0.1) is 21.8 Å². The third-order valence-electron chi connectivity index (χ3n) is 5.57. The first kappa shape index (κ1) is 26.0. The second kappa shape index (κ2) is 12.8. The second-order valence-electron chi connectivity index (χ2n) is 7.92. The Morgan fingerprint density at radius 1 is 1.26 bits per heavy atom. The molecular formula is C24H29FN4O6. The van der Waals surface area contributed by atoms with Crippen LogP contribution >= 0.6 is 0 Å². The smallest absolute Gasteiger partial charge is 0.287 e. The zero-order valence-corrected chi connectivity index (χ0v) is 19.4. The molecule has 0 radical (unpaired) electrons. The van der Waals surface area contributed by atoms with Gasteiger partial charge in [-0.2, -0.15) is 0 Å². The van der Waals surface area contributed by atoms with E-state index in [9.17, 15) is 24.4 Å². The normalized spacial score (nSPS) is 19.4. The topological polar surface area (TPSA) is 136 Å². The highest BCUT2D eigenvalue weighted by molar-refractivity contribution is 5.91. The van der Waals surface area contributed by atoms with Crippen molar-refractivity contribution in [1.29, 1.82) is 0 Å². The van der Waals surface area contributed by atoms with Crippen LogP contribution < -0.4 is 10.6 Å². The summed E-state index contributed by atoms with van der Waals surface area (Å²) >= 11 is 0. The number of aliphatic hydroxyl groups is 1. The molecule has 0 unspecified atom stereocenters. The minimum absolute atomic E-state index is 0.0131. The summed E-state index contributed by atoms with van der Waals surface area (Å²) in [5.41, 5.74) is 0.709. The molecule has 1 aliphatic heterocycles. The SMILES string of the molecule is CCO[C@H]1OC(C(=O)NCCNc2ccc([N+](=O)[O-])cn2)=C[C@@H](c2ccc(F)cc2)[C@H]1CCCO. The molecule has 2 heterocycles. The lowest BCUT2D eigenvalue weighted by Crippen LogP contribution is -2.39. The number of allylic oxidation sites excluding steroid dienone is 1. The number of benzene rings is 1. The van der Waals surface area contributed by atoms with Gasteiger partial charge >= 0.3 is 0 Å². The number of nitrogens with zero attached hydrogens (tertiary/aromatic N) is 2. The number of rotatable bonds is 12. The van der Waals surface area contributed by atoms with Crippen molar-refractivity contribution in [2.75, 3.05) is 31.6 Å². The Labute approximate surface area is 202 Å². The number of carbonyl (C=O) groups excluding carboxylic acids is 1. The summed E-state index contributed by atoms with van der Waals surface area (Å²) in [7, 11) is 0. The molecule has 1 aromatic carbocycles. The highest BCUT2D eigenvalue weighted by Gasteiger charge is 2.37. The Hall–Kier alpha value is -3.57. The van der Waals surface area contributed by atoms with Gasteiger partial charge in [0, 0.05) is 44.2 Å². The van der Waals surface area contributed by atoms with Crippen molar-refractivity contribution in [3.05, 3.63) is 75.9 Å². The number of nitro groups is 1. The van der Waals surface area contributed by atoms with E-state index in [0.717, 1.165) is 11.8 Å². The molecule has 3 atom stereocenters. The molecule has 3 N–H and O–H groups in total. The van der Waals surface area contributed by atoms with Crippen LogP contribution in [0.1, 0.15) is 31.2 Å². The summed E-state index contributed by atoms with van der Waals surface area (Å²) in [6.45, 7) is 2.79. The Balaban J connectivity index is 1.67. The van der Waals surface area contributed by atoms with Gasteiger partial charge < -0.3 is 25.2 Å². The van der Waals surface area contributed by atoms with Crippen molar-refractivity contribution in [3.63, 3.8) is 0 Å². The standard InChI is InChI=1S/C24H29FN4O6/c1-2-34-24-19(4-3-13-30)20(16-5-7-17(25)8-6-16)14-21(35-24)23(31)27-12-11-26-22-10-9-18(15-28-22)29(32)33/h5-10,14-15,19-20,24,30H,2-4,11-13H2,1H3,(H,26,28)(H,27,31)/t19-,20+,24+/m1/s1. The van der Waals surface area contributed by atoms with E-state index >= 15 is 0 Å². The quantitative estimate of drug-likeness (QED) is 0.236. The molecule has 0 saturated heterocycles. The minimum Gasteiger partial charge on any atom is -0.459 e. The van der Waals surface area contributed by atoms with Gasteiger partial charge in [0.1, 0.15) is 17.8 Å². The number of amides is 1. The van der Waals surface area contributed by atoms with Crippen LogP contribution in [0.2, 0.25) is 0 Å². The van der Waals surface area contributed by atoms with E-state index in [4.69, 9.17) is 9.47 Å². The van der Waals surface area contributed by atoms with Crippen molar-refractivity contribution < 1.29 is 28.7 Å². The Morgan fingerprint density at radius 3 is 2.66 bits per heavy atom. The van der Waals surface area contributed by atoms with Crippen LogP contribution in [0.4, 0.5) is 15.9 Å². The number of halogens is 1. The van der Waals surface area contributed by atoms with Gasteiger partial charge in [0.2, 0.25) is 6.29 Å². The van der Waals surface area contributed by atoms with Crippen LogP contribution in [0.15, 0.2) is 54.4 Å². The molecule has 0 fully saturated rings. The average Bonchev–Trinajstić information content (AvgIpc) is 2.86. The summed E-state index contributed by atoms with van der Waals surface area (Å²) in [5, 5.41) is 25.8. The Morgan fingerprint density at radius 2 is 2.03 bits per heavy atom. The summed E-state index contributed by atoms with van der Waals surface area (Å²) in [6, 6.07) is 8.91. The lowest BCUT2D eigenvalue weighted by Gasteiger charge is -2.37. The third-order valence-corrected chi connectivity index (χ3v) is 5.57. The zero-order chi connectivity index (χ0) is 25.2. The van der Waals surface area contributed by atoms with Crippen molar-refractivity contribution in [3.8, 4) is 0 Å².